The van der Waals surface area contributed by atoms with Crippen LogP contribution in [0.25, 0.3) is 0 Å². The molecular formula is C19H19N3O6S. The number of fused-ring (bicyclic) bond motifs is 1. The standard InChI is InChI=1S/C19H19N3O6S/c1-20-19(25)21-17(23)12-28-18(24)14-6-4-7-15(11-14)29(26,27)22-10-9-13-5-2-3-8-16(13)22/h2-8,11H,9-10,12H2,1H3,(H2,20,21,23,25). The third-order valence-electron chi connectivity index (χ3n) is 4.32. The van der Waals surface area contributed by atoms with Gasteiger partial charge in [-0.25, -0.2) is 18.0 Å². The molecule has 2 aromatic carbocycles. The molecular weight excluding hydrogens is 398 g/mol. The summed E-state index contributed by atoms with van der Waals surface area (Å²) < 4.78 is 32.3. The maximum absolute atomic E-state index is 13.1. The van der Waals surface area contributed by atoms with Crippen molar-refractivity contribution < 1.29 is 27.5 Å². The molecule has 1 aliphatic heterocycles. The van der Waals surface area contributed by atoms with Gasteiger partial charge >= 0.3 is 12.0 Å². The highest BCUT2D eigenvalue weighted by molar-refractivity contribution is 7.92. The number of anilines is 1. The number of nitrogens with zero attached hydrogens (tertiary/aromatic N) is 1. The second kappa shape index (κ2) is 8.31. The van der Waals surface area contributed by atoms with Gasteiger partial charge in [0.05, 0.1) is 16.1 Å². The molecule has 152 valence electrons. The van der Waals surface area contributed by atoms with Crippen molar-refractivity contribution in [2.24, 2.45) is 0 Å². The van der Waals surface area contributed by atoms with Crippen LogP contribution < -0.4 is 14.9 Å². The van der Waals surface area contributed by atoms with Crippen LogP contribution in [-0.2, 0) is 26.0 Å². The lowest BCUT2D eigenvalue weighted by atomic mass is 10.2. The van der Waals surface area contributed by atoms with Gasteiger partial charge in [-0.2, -0.15) is 0 Å². The van der Waals surface area contributed by atoms with Crippen LogP contribution >= 0.6 is 0 Å². The fourth-order valence-corrected chi connectivity index (χ4v) is 4.46. The molecule has 1 aliphatic rings. The van der Waals surface area contributed by atoms with Crippen molar-refractivity contribution in [3.05, 3.63) is 59.7 Å². The molecule has 1 heterocycles. The third-order valence-corrected chi connectivity index (χ3v) is 6.13. The molecule has 3 amide bonds. The average Bonchev–Trinajstić information content (AvgIpc) is 3.17. The van der Waals surface area contributed by atoms with E-state index in [1.54, 1.807) is 12.1 Å². The van der Waals surface area contributed by atoms with Crippen molar-refractivity contribution in [2.45, 2.75) is 11.3 Å². The summed E-state index contributed by atoms with van der Waals surface area (Å²) in [6.07, 6.45) is 0.609. The van der Waals surface area contributed by atoms with E-state index in [2.05, 4.69) is 5.32 Å². The molecule has 2 aromatic rings. The lowest BCUT2D eigenvalue weighted by Gasteiger charge is -2.19. The smallest absolute Gasteiger partial charge is 0.338 e. The van der Waals surface area contributed by atoms with Crippen molar-refractivity contribution in [1.82, 2.24) is 10.6 Å². The summed E-state index contributed by atoms with van der Waals surface area (Å²) in [6.45, 7) is -0.362. The Balaban J connectivity index is 1.75. The van der Waals surface area contributed by atoms with Gasteiger partial charge in [-0.05, 0) is 36.2 Å². The molecule has 0 spiro atoms. The Morgan fingerprint density at radius 2 is 1.86 bits per heavy atom. The number of ether oxygens (including phenoxy) is 1. The van der Waals surface area contributed by atoms with Gasteiger partial charge in [0, 0.05) is 13.6 Å². The molecule has 2 N–H and O–H groups in total. The molecule has 3 rings (SSSR count). The van der Waals surface area contributed by atoms with E-state index in [1.807, 2.05) is 17.4 Å². The van der Waals surface area contributed by atoms with E-state index >= 15 is 0 Å². The van der Waals surface area contributed by atoms with Crippen LogP contribution in [0.5, 0.6) is 0 Å². The monoisotopic (exact) mass is 417 g/mol. The molecule has 0 fully saturated rings. The van der Waals surface area contributed by atoms with Crippen LogP contribution in [0.15, 0.2) is 53.4 Å². The van der Waals surface area contributed by atoms with Crippen molar-refractivity contribution in [3.8, 4) is 0 Å². The first-order valence-corrected chi connectivity index (χ1v) is 10.2. The van der Waals surface area contributed by atoms with Gasteiger partial charge in [0.2, 0.25) is 0 Å². The number of rotatable bonds is 5. The molecule has 10 heteroatoms. The Bertz CT molecular complexity index is 1070. The zero-order valence-corrected chi connectivity index (χ0v) is 16.4. The maximum atomic E-state index is 13.1. The van der Waals surface area contributed by atoms with Gasteiger partial charge in [0.15, 0.2) is 6.61 Å². The molecule has 29 heavy (non-hydrogen) atoms. The summed E-state index contributed by atoms with van der Waals surface area (Å²) in [7, 11) is -2.53. The van der Waals surface area contributed by atoms with Gasteiger partial charge in [-0.1, -0.05) is 24.3 Å². The van der Waals surface area contributed by atoms with Crippen LogP contribution in [0.3, 0.4) is 0 Å². The highest BCUT2D eigenvalue weighted by Gasteiger charge is 2.31. The summed E-state index contributed by atoms with van der Waals surface area (Å²) >= 11 is 0. The van der Waals surface area contributed by atoms with Gasteiger partial charge < -0.3 is 10.1 Å². The van der Waals surface area contributed by atoms with Crippen LogP contribution in [0, 0.1) is 0 Å². The van der Waals surface area contributed by atoms with Gasteiger partial charge in [0.1, 0.15) is 0 Å². The minimum atomic E-state index is -3.87. The topological polar surface area (TPSA) is 122 Å². The number of esters is 1. The fraction of sp³-hybridized carbons (Fsp3) is 0.211. The zero-order chi connectivity index (χ0) is 21.0. The highest BCUT2D eigenvalue weighted by Crippen LogP contribution is 2.32. The molecule has 0 radical (unpaired) electrons. The zero-order valence-electron chi connectivity index (χ0n) is 15.5. The van der Waals surface area contributed by atoms with Crippen LogP contribution in [-0.4, -0.2) is 46.5 Å². The van der Waals surface area contributed by atoms with Crippen molar-refractivity contribution in [1.29, 1.82) is 0 Å². The highest BCUT2D eigenvalue weighted by atomic mass is 32.2. The van der Waals surface area contributed by atoms with E-state index < -0.39 is 34.5 Å². The van der Waals surface area contributed by atoms with Gasteiger partial charge in [-0.3, -0.25) is 14.4 Å². The summed E-state index contributed by atoms with van der Waals surface area (Å²) in [5.74, 6) is -1.69. The van der Waals surface area contributed by atoms with E-state index in [9.17, 15) is 22.8 Å². The molecule has 0 saturated heterocycles. The quantitative estimate of drug-likeness (QED) is 0.702. The molecule has 0 aliphatic carbocycles. The van der Waals surface area contributed by atoms with E-state index in [4.69, 9.17) is 4.74 Å². The molecule has 0 aromatic heterocycles. The number of carbonyl (C=O) groups is 3. The molecule has 9 nitrogen and oxygen atoms in total. The minimum Gasteiger partial charge on any atom is -0.452 e. The van der Waals surface area contributed by atoms with E-state index in [0.717, 1.165) is 5.56 Å². The van der Waals surface area contributed by atoms with Crippen LogP contribution in [0.2, 0.25) is 0 Å². The minimum absolute atomic E-state index is 0.0219. The lowest BCUT2D eigenvalue weighted by Crippen LogP contribution is -2.39. The molecule has 0 unspecified atom stereocenters. The van der Waals surface area contributed by atoms with Crippen molar-refractivity contribution in [3.63, 3.8) is 0 Å². The number of benzene rings is 2. The third kappa shape index (κ3) is 4.37. The number of hydrogen-bond acceptors (Lipinski definition) is 6. The largest absolute Gasteiger partial charge is 0.452 e. The number of sulfonamides is 1. The molecule has 0 atom stereocenters. The Morgan fingerprint density at radius 1 is 1.10 bits per heavy atom. The lowest BCUT2D eigenvalue weighted by molar-refractivity contribution is -0.123. The first-order chi connectivity index (χ1) is 13.8. The van der Waals surface area contributed by atoms with E-state index in [1.165, 1.54) is 35.6 Å². The fourth-order valence-electron chi connectivity index (χ4n) is 2.91. The van der Waals surface area contributed by atoms with E-state index in [-0.39, 0.29) is 10.5 Å². The SMILES string of the molecule is CNC(=O)NC(=O)COC(=O)c1cccc(S(=O)(=O)N2CCc3ccccc32)c1. The Morgan fingerprint density at radius 3 is 2.62 bits per heavy atom. The van der Waals surface area contributed by atoms with Gasteiger partial charge in [0.25, 0.3) is 15.9 Å². The van der Waals surface area contributed by atoms with Crippen LogP contribution in [0.4, 0.5) is 10.5 Å². The Kier molecular flexibility index (Phi) is 5.83. The van der Waals surface area contributed by atoms with Crippen LogP contribution in [0.1, 0.15) is 15.9 Å². The second-order valence-corrected chi connectivity index (χ2v) is 8.05. The Hall–Kier alpha value is -3.40. The van der Waals surface area contributed by atoms with Crippen molar-refractivity contribution in [2.75, 3.05) is 24.5 Å². The average molecular weight is 417 g/mol. The number of amides is 3. The number of nitrogens with one attached hydrogen (secondary N) is 2. The molecule has 0 bridgehead atoms. The number of urea groups is 1. The van der Waals surface area contributed by atoms with Crippen molar-refractivity contribution >= 4 is 33.6 Å². The number of imide groups is 1. The maximum Gasteiger partial charge on any atom is 0.338 e. The predicted octanol–water partition coefficient (Wildman–Crippen LogP) is 1.05. The number of para-hydroxylation sites is 1. The molecule has 0 saturated carbocycles. The second-order valence-electron chi connectivity index (χ2n) is 6.19. The Labute approximate surface area is 167 Å². The summed E-state index contributed by atoms with van der Waals surface area (Å²) in [4.78, 5) is 34.7. The predicted molar refractivity (Wildman–Crippen MR) is 104 cm³/mol. The number of hydrogen-bond donors (Lipinski definition) is 2. The van der Waals surface area contributed by atoms with Gasteiger partial charge in [-0.15, -0.1) is 0 Å². The summed E-state index contributed by atoms with van der Waals surface area (Å²) in [5, 5.41) is 4.14. The normalized spacial score (nSPS) is 12.8. The number of carbonyl (C=O) groups excluding carboxylic acids is 3. The van der Waals surface area contributed by atoms with E-state index in [0.29, 0.717) is 18.7 Å². The summed E-state index contributed by atoms with van der Waals surface area (Å²) in [5.41, 5.74) is 1.53. The first kappa shape index (κ1) is 20.3. The first-order valence-electron chi connectivity index (χ1n) is 8.72. The summed E-state index contributed by atoms with van der Waals surface area (Å²) in [6, 6.07) is 11.9.